The standard InChI is InChI=1S/C16H16N4O2/c1-10-6-12(19-22-10)7-15(21)20-8-11(9-20)16-17-13-4-2-3-5-14(13)18-16/h2-6,11H,7-9H2,1H3,(H,17,18). The van der Waals surface area contributed by atoms with Gasteiger partial charge >= 0.3 is 0 Å². The first-order valence-corrected chi connectivity index (χ1v) is 7.33. The Morgan fingerprint density at radius 1 is 1.41 bits per heavy atom. The van der Waals surface area contributed by atoms with Crippen molar-refractivity contribution >= 4 is 16.9 Å². The van der Waals surface area contributed by atoms with Crippen LogP contribution in [0, 0.1) is 6.92 Å². The molecule has 112 valence electrons. The molecule has 1 aliphatic rings. The molecule has 0 aliphatic carbocycles. The molecule has 0 saturated carbocycles. The van der Waals surface area contributed by atoms with Crippen LogP contribution in [0.15, 0.2) is 34.9 Å². The fraction of sp³-hybridized carbons (Fsp3) is 0.312. The van der Waals surface area contributed by atoms with E-state index in [9.17, 15) is 4.79 Å². The van der Waals surface area contributed by atoms with Crippen LogP contribution in [-0.2, 0) is 11.2 Å². The fourth-order valence-electron chi connectivity index (χ4n) is 2.79. The fourth-order valence-corrected chi connectivity index (χ4v) is 2.79. The number of imidazole rings is 1. The molecule has 22 heavy (non-hydrogen) atoms. The SMILES string of the molecule is Cc1cc(CC(=O)N2CC(c3nc4ccccc4[nH]3)C2)no1. The number of hydrogen-bond donors (Lipinski definition) is 1. The van der Waals surface area contributed by atoms with Crippen molar-refractivity contribution in [1.29, 1.82) is 0 Å². The molecule has 0 bridgehead atoms. The van der Waals surface area contributed by atoms with Crippen LogP contribution < -0.4 is 0 Å². The van der Waals surface area contributed by atoms with Gasteiger partial charge in [-0.25, -0.2) is 4.98 Å². The van der Waals surface area contributed by atoms with Gasteiger partial charge in [0.1, 0.15) is 11.6 Å². The molecule has 2 aromatic heterocycles. The van der Waals surface area contributed by atoms with Crippen molar-refractivity contribution in [3.05, 3.63) is 47.6 Å². The van der Waals surface area contributed by atoms with E-state index in [4.69, 9.17) is 4.52 Å². The van der Waals surface area contributed by atoms with Crippen molar-refractivity contribution in [2.45, 2.75) is 19.3 Å². The third-order valence-electron chi connectivity index (χ3n) is 4.04. The minimum Gasteiger partial charge on any atom is -0.361 e. The van der Waals surface area contributed by atoms with Crippen LogP contribution in [0.25, 0.3) is 11.0 Å². The number of rotatable bonds is 3. The van der Waals surface area contributed by atoms with Gasteiger partial charge in [-0.1, -0.05) is 17.3 Å². The minimum atomic E-state index is 0.0839. The molecule has 1 aromatic carbocycles. The second-order valence-corrected chi connectivity index (χ2v) is 5.74. The predicted octanol–water partition coefficient (Wildman–Crippen LogP) is 2.03. The number of H-pyrrole nitrogens is 1. The van der Waals surface area contributed by atoms with Gasteiger partial charge in [-0.05, 0) is 19.1 Å². The molecule has 6 heteroatoms. The monoisotopic (exact) mass is 296 g/mol. The number of nitrogens with zero attached hydrogens (tertiary/aromatic N) is 3. The predicted molar refractivity (Wildman–Crippen MR) is 80.4 cm³/mol. The molecular formula is C16H16N4O2. The van der Waals surface area contributed by atoms with Crippen molar-refractivity contribution in [2.24, 2.45) is 0 Å². The normalized spacial score (nSPS) is 15.2. The van der Waals surface area contributed by atoms with Crippen LogP contribution in [0.1, 0.15) is 23.2 Å². The number of para-hydroxylation sites is 2. The lowest BCUT2D eigenvalue weighted by Crippen LogP contribution is -2.49. The minimum absolute atomic E-state index is 0.0839. The van der Waals surface area contributed by atoms with E-state index in [1.54, 1.807) is 6.07 Å². The second-order valence-electron chi connectivity index (χ2n) is 5.74. The first-order valence-electron chi connectivity index (χ1n) is 7.33. The third-order valence-corrected chi connectivity index (χ3v) is 4.04. The first-order chi connectivity index (χ1) is 10.7. The van der Waals surface area contributed by atoms with Gasteiger partial charge in [0.25, 0.3) is 0 Å². The largest absolute Gasteiger partial charge is 0.361 e. The van der Waals surface area contributed by atoms with E-state index in [1.807, 2.05) is 36.1 Å². The number of likely N-dealkylation sites (tertiary alicyclic amines) is 1. The van der Waals surface area contributed by atoms with E-state index in [0.29, 0.717) is 25.2 Å². The molecule has 1 saturated heterocycles. The molecule has 0 spiro atoms. The molecule has 0 radical (unpaired) electrons. The highest BCUT2D eigenvalue weighted by Gasteiger charge is 2.33. The van der Waals surface area contributed by atoms with E-state index < -0.39 is 0 Å². The molecule has 1 N–H and O–H groups in total. The maximum atomic E-state index is 12.2. The number of carbonyl (C=O) groups is 1. The number of hydrogen-bond acceptors (Lipinski definition) is 4. The highest BCUT2D eigenvalue weighted by molar-refractivity contribution is 5.79. The Balaban J connectivity index is 1.40. The molecule has 0 atom stereocenters. The van der Waals surface area contributed by atoms with E-state index >= 15 is 0 Å². The molecule has 3 heterocycles. The summed E-state index contributed by atoms with van der Waals surface area (Å²) in [4.78, 5) is 21.9. The van der Waals surface area contributed by atoms with Gasteiger partial charge in [0, 0.05) is 19.2 Å². The maximum Gasteiger partial charge on any atom is 0.228 e. The summed E-state index contributed by atoms with van der Waals surface area (Å²) in [6, 6.07) is 9.77. The van der Waals surface area contributed by atoms with Crippen LogP contribution in [0.4, 0.5) is 0 Å². The van der Waals surface area contributed by atoms with Crippen LogP contribution >= 0.6 is 0 Å². The van der Waals surface area contributed by atoms with Crippen molar-refractivity contribution in [3.8, 4) is 0 Å². The summed E-state index contributed by atoms with van der Waals surface area (Å²) in [6.07, 6.45) is 0.296. The second kappa shape index (κ2) is 4.98. The number of aromatic amines is 1. The van der Waals surface area contributed by atoms with Crippen LogP contribution in [0.5, 0.6) is 0 Å². The highest BCUT2D eigenvalue weighted by atomic mass is 16.5. The third kappa shape index (κ3) is 2.26. The van der Waals surface area contributed by atoms with Gasteiger partial charge in [-0.15, -0.1) is 0 Å². The molecule has 1 aliphatic heterocycles. The maximum absolute atomic E-state index is 12.2. The molecule has 4 rings (SSSR count). The lowest BCUT2D eigenvalue weighted by Gasteiger charge is -2.38. The summed E-state index contributed by atoms with van der Waals surface area (Å²) in [5.41, 5.74) is 2.70. The molecule has 1 amide bonds. The Morgan fingerprint density at radius 2 is 2.23 bits per heavy atom. The van der Waals surface area contributed by atoms with Gasteiger partial charge in [0.15, 0.2) is 0 Å². The summed E-state index contributed by atoms with van der Waals surface area (Å²) in [5.74, 6) is 2.06. The number of fused-ring (bicyclic) bond motifs is 1. The Hall–Kier alpha value is -2.63. The smallest absolute Gasteiger partial charge is 0.228 e. The number of carbonyl (C=O) groups excluding carboxylic acids is 1. The van der Waals surface area contributed by atoms with Crippen molar-refractivity contribution in [1.82, 2.24) is 20.0 Å². The van der Waals surface area contributed by atoms with Gasteiger partial charge in [0.05, 0.1) is 29.1 Å². The zero-order chi connectivity index (χ0) is 15.1. The van der Waals surface area contributed by atoms with Crippen molar-refractivity contribution in [2.75, 3.05) is 13.1 Å². The summed E-state index contributed by atoms with van der Waals surface area (Å²) in [7, 11) is 0. The Labute approximate surface area is 127 Å². The van der Waals surface area contributed by atoms with Gasteiger partial charge in [-0.2, -0.15) is 0 Å². The summed E-state index contributed by atoms with van der Waals surface area (Å²) < 4.78 is 4.99. The van der Waals surface area contributed by atoms with Gasteiger partial charge < -0.3 is 14.4 Å². The van der Waals surface area contributed by atoms with E-state index in [1.165, 1.54) is 0 Å². The van der Waals surface area contributed by atoms with Crippen LogP contribution in [0.2, 0.25) is 0 Å². The zero-order valence-electron chi connectivity index (χ0n) is 12.2. The van der Waals surface area contributed by atoms with Crippen molar-refractivity contribution < 1.29 is 9.32 Å². The Kier molecular flexibility index (Phi) is 2.96. The summed E-state index contributed by atoms with van der Waals surface area (Å²) in [5, 5.41) is 3.86. The molecule has 6 nitrogen and oxygen atoms in total. The number of amides is 1. The summed E-state index contributed by atoms with van der Waals surface area (Å²) in [6.45, 7) is 3.23. The number of benzene rings is 1. The summed E-state index contributed by atoms with van der Waals surface area (Å²) >= 11 is 0. The lowest BCUT2D eigenvalue weighted by atomic mass is 9.99. The quantitative estimate of drug-likeness (QED) is 0.802. The van der Waals surface area contributed by atoms with Crippen molar-refractivity contribution in [3.63, 3.8) is 0 Å². The van der Waals surface area contributed by atoms with E-state index in [2.05, 4.69) is 15.1 Å². The average molecular weight is 296 g/mol. The van der Waals surface area contributed by atoms with Crippen LogP contribution in [0.3, 0.4) is 0 Å². The topological polar surface area (TPSA) is 75.0 Å². The Morgan fingerprint density at radius 3 is 2.95 bits per heavy atom. The Bertz CT molecular complexity index is 796. The lowest BCUT2D eigenvalue weighted by molar-refractivity contribution is -0.135. The number of nitrogens with one attached hydrogen (secondary N) is 1. The van der Waals surface area contributed by atoms with E-state index in [0.717, 1.165) is 22.6 Å². The first kappa shape index (κ1) is 13.1. The van der Waals surface area contributed by atoms with Crippen LogP contribution in [-0.4, -0.2) is 39.0 Å². The number of aromatic nitrogens is 3. The van der Waals surface area contributed by atoms with Gasteiger partial charge in [0.2, 0.25) is 5.91 Å². The molecule has 3 aromatic rings. The number of aryl methyl sites for hydroxylation is 1. The molecule has 0 unspecified atom stereocenters. The van der Waals surface area contributed by atoms with Gasteiger partial charge in [-0.3, -0.25) is 4.79 Å². The van der Waals surface area contributed by atoms with E-state index in [-0.39, 0.29) is 11.8 Å². The molecule has 1 fully saturated rings. The average Bonchev–Trinajstić information content (AvgIpc) is 3.03. The molecular weight excluding hydrogens is 280 g/mol. The zero-order valence-corrected chi connectivity index (χ0v) is 12.2. The highest BCUT2D eigenvalue weighted by Crippen LogP contribution is 2.27.